The van der Waals surface area contributed by atoms with E-state index in [0.29, 0.717) is 22.9 Å². The molecular formula is C12H16ClNO3. The third kappa shape index (κ3) is 3.61. The summed E-state index contributed by atoms with van der Waals surface area (Å²) >= 11 is 5.97. The van der Waals surface area contributed by atoms with E-state index in [-0.39, 0.29) is 0 Å². The lowest BCUT2D eigenvalue weighted by Gasteiger charge is -2.15. The topological polar surface area (TPSA) is 58.6 Å². The Bertz CT molecular complexity index is 395. The van der Waals surface area contributed by atoms with Crippen molar-refractivity contribution in [3.63, 3.8) is 0 Å². The predicted octanol–water partition coefficient (Wildman–Crippen LogP) is 2.47. The van der Waals surface area contributed by atoms with Crippen molar-refractivity contribution in [1.29, 1.82) is 0 Å². The molecule has 0 saturated heterocycles. The average Bonchev–Trinajstić information content (AvgIpc) is 2.29. The van der Waals surface area contributed by atoms with Crippen molar-refractivity contribution in [2.24, 2.45) is 0 Å². The van der Waals surface area contributed by atoms with E-state index >= 15 is 0 Å². The molecule has 0 fully saturated rings. The van der Waals surface area contributed by atoms with Gasteiger partial charge < -0.3 is 15.2 Å². The Morgan fingerprint density at radius 2 is 2.29 bits per heavy atom. The van der Waals surface area contributed by atoms with Gasteiger partial charge in [0.2, 0.25) is 0 Å². The molecule has 0 aromatic heterocycles. The van der Waals surface area contributed by atoms with E-state index in [0.717, 1.165) is 6.42 Å². The fraction of sp³-hybridized carbons (Fsp3) is 0.417. The molecule has 0 aliphatic rings. The first-order valence-electron chi connectivity index (χ1n) is 5.39. The van der Waals surface area contributed by atoms with Crippen LogP contribution in [0.1, 0.15) is 24.9 Å². The number of carboxylic acids is 1. The summed E-state index contributed by atoms with van der Waals surface area (Å²) in [4.78, 5) is 11.1. The molecule has 1 rings (SSSR count). The van der Waals surface area contributed by atoms with Crippen LogP contribution in [0.3, 0.4) is 0 Å². The van der Waals surface area contributed by atoms with Gasteiger partial charge in [-0.3, -0.25) is 4.79 Å². The van der Waals surface area contributed by atoms with Crippen LogP contribution < -0.4 is 10.1 Å². The Morgan fingerprint density at radius 1 is 1.59 bits per heavy atom. The Labute approximate surface area is 106 Å². The second-order valence-electron chi connectivity index (χ2n) is 3.62. The quantitative estimate of drug-likeness (QED) is 0.822. The maximum atomic E-state index is 11.1. The zero-order valence-electron chi connectivity index (χ0n) is 9.87. The van der Waals surface area contributed by atoms with Crippen LogP contribution in [0.25, 0.3) is 0 Å². The highest BCUT2D eigenvalue weighted by Crippen LogP contribution is 2.27. The second kappa shape index (κ2) is 6.47. The van der Waals surface area contributed by atoms with Gasteiger partial charge in [-0.2, -0.15) is 0 Å². The summed E-state index contributed by atoms with van der Waals surface area (Å²) in [5.74, 6) is -0.380. The predicted molar refractivity (Wildman–Crippen MR) is 66.7 cm³/mol. The zero-order chi connectivity index (χ0) is 12.8. The summed E-state index contributed by atoms with van der Waals surface area (Å²) in [7, 11) is 1.52. The van der Waals surface area contributed by atoms with E-state index in [4.69, 9.17) is 21.4 Å². The second-order valence-corrected chi connectivity index (χ2v) is 4.03. The maximum Gasteiger partial charge on any atom is 0.325 e. The molecule has 1 aromatic rings. The molecule has 5 heteroatoms. The van der Waals surface area contributed by atoms with Crippen molar-refractivity contribution in [3.05, 3.63) is 28.8 Å². The summed E-state index contributed by atoms with van der Waals surface area (Å²) in [6.07, 6.45) is 0.869. The first kappa shape index (κ1) is 13.8. The smallest absolute Gasteiger partial charge is 0.325 e. The molecule has 0 bridgehead atoms. The fourth-order valence-corrected chi connectivity index (χ4v) is 1.76. The van der Waals surface area contributed by atoms with Crippen molar-refractivity contribution < 1.29 is 14.6 Å². The molecule has 4 nitrogen and oxygen atoms in total. The Hall–Kier alpha value is -1.26. The van der Waals surface area contributed by atoms with Crippen molar-refractivity contribution in [1.82, 2.24) is 5.32 Å². The van der Waals surface area contributed by atoms with Crippen molar-refractivity contribution in [2.75, 3.05) is 13.7 Å². The molecule has 0 saturated carbocycles. The van der Waals surface area contributed by atoms with Crippen LogP contribution in [-0.2, 0) is 4.79 Å². The van der Waals surface area contributed by atoms with E-state index in [1.165, 1.54) is 7.11 Å². The minimum Gasteiger partial charge on any atom is -0.495 e. The standard InChI is InChI=1S/C12H16ClNO3/c1-3-6-14-11(12(15)16)8-4-5-10(17-2)9(13)7-8/h4-5,7,11,14H,3,6H2,1-2H3,(H,15,16). The lowest BCUT2D eigenvalue weighted by Crippen LogP contribution is -2.29. The molecular weight excluding hydrogens is 242 g/mol. The van der Waals surface area contributed by atoms with Gasteiger partial charge in [0.1, 0.15) is 11.8 Å². The molecule has 94 valence electrons. The number of halogens is 1. The van der Waals surface area contributed by atoms with Crippen LogP contribution in [-0.4, -0.2) is 24.7 Å². The number of carboxylic acid groups (broad SMARTS) is 1. The van der Waals surface area contributed by atoms with Gasteiger partial charge in [-0.05, 0) is 30.7 Å². The number of methoxy groups -OCH3 is 1. The largest absolute Gasteiger partial charge is 0.495 e. The van der Waals surface area contributed by atoms with Crippen LogP contribution in [0.15, 0.2) is 18.2 Å². The molecule has 1 atom stereocenters. The van der Waals surface area contributed by atoms with Crippen LogP contribution in [0.2, 0.25) is 5.02 Å². The normalized spacial score (nSPS) is 12.2. The average molecular weight is 258 g/mol. The van der Waals surface area contributed by atoms with Gasteiger partial charge in [-0.15, -0.1) is 0 Å². The number of aliphatic carboxylic acids is 1. The first-order valence-corrected chi connectivity index (χ1v) is 5.77. The summed E-state index contributed by atoms with van der Waals surface area (Å²) in [6.45, 7) is 2.62. The van der Waals surface area contributed by atoms with Gasteiger partial charge in [-0.1, -0.05) is 24.6 Å². The van der Waals surface area contributed by atoms with Crippen molar-refractivity contribution in [3.8, 4) is 5.75 Å². The molecule has 0 amide bonds. The van der Waals surface area contributed by atoms with Crippen molar-refractivity contribution in [2.45, 2.75) is 19.4 Å². The Balaban J connectivity index is 2.94. The number of hydrogen-bond donors (Lipinski definition) is 2. The van der Waals surface area contributed by atoms with Gasteiger partial charge in [0, 0.05) is 0 Å². The number of carbonyl (C=O) groups is 1. The van der Waals surface area contributed by atoms with Crippen LogP contribution in [0.5, 0.6) is 5.75 Å². The van der Waals surface area contributed by atoms with E-state index in [2.05, 4.69) is 5.32 Å². The fourth-order valence-electron chi connectivity index (χ4n) is 1.50. The van der Waals surface area contributed by atoms with Crippen LogP contribution in [0, 0.1) is 0 Å². The molecule has 1 aromatic carbocycles. The van der Waals surface area contributed by atoms with E-state index < -0.39 is 12.0 Å². The van der Waals surface area contributed by atoms with E-state index in [1.54, 1.807) is 18.2 Å². The third-order valence-corrected chi connectivity index (χ3v) is 2.65. The summed E-state index contributed by atoms with van der Waals surface area (Å²) in [5, 5.41) is 12.5. The monoisotopic (exact) mass is 257 g/mol. The number of hydrogen-bond acceptors (Lipinski definition) is 3. The van der Waals surface area contributed by atoms with Gasteiger partial charge in [0.05, 0.1) is 12.1 Å². The van der Waals surface area contributed by atoms with Gasteiger partial charge in [-0.25, -0.2) is 0 Å². The summed E-state index contributed by atoms with van der Waals surface area (Å²) in [6, 6.07) is 4.24. The molecule has 0 aliphatic heterocycles. The molecule has 0 heterocycles. The van der Waals surface area contributed by atoms with E-state index in [1.807, 2.05) is 6.92 Å². The van der Waals surface area contributed by atoms with Gasteiger partial charge >= 0.3 is 5.97 Å². The van der Waals surface area contributed by atoms with Gasteiger partial charge in [0.25, 0.3) is 0 Å². The highest BCUT2D eigenvalue weighted by molar-refractivity contribution is 6.32. The van der Waals surface area contributed by atoms with Gasteiger partial charge in [0.15, 0.2) is 0 Å². The SMILES string of the molecule is CCCNC(C(=O)O)c1ccc(OC)c(Cl)c1. The summed E-state index contributed by atoms with van der Waals surface area (Å²) in [5.41, 5.74) is 0.622. The number of ether oxygens (including phenoxy) is 1. The zero-order valence-corrected chi connectivity index (χ0v) is 10.6. The lowest BCUT2D eigenvalue weighted by atomic mass is 10.1. The number of benzene rings is 1. The van der Waals surface area contributed by atoms with Crippen LogP contribution in [0.4, 0.5) is 0 Å². The molecule has 0 radical (unpaired) electrons. The molecule has 2 N–H and O–H groups in total. The van der Waals surface area contributed by atoms with E-state index in [9.17, 15) is 4.79 Å². The van der Waals surface area contributed by atoms with Crippen molar-refractivity contribution >= 4 is 17.6 Å². The minimum atomic E-state index is -0.917. The highest BCUT2D eigenvalue weighted by atomic mass is 35.5. The first-order chi connectivity index (χ1) is 8.10. The molecule has 0 aliphatic carbocycles. The maximum absolute atomic E-state index is 11.1. The minimum absolute atomic E-state index is 0.412. The third-order valence-electron chi connectivity index (χ3n) is 2.35. The number of rotatable bonds is 6. The Morgan fingerprint density at radius 3 is 2.76 bits per heavy atom. The van der Waals surface area contributed by atoms with Crippen LogP contribution >= 0.6 is 11.6 Å². The molecule has 17 heavy (non-hydrogen) atoms. The number of nitrogens with one attached hydrogen (secondary N) is 1. The highest BCUT2D eigenvalue weighted by Gasteiger charge is 2.19. The molecule has 0 spiro atoms. The molecule has 1 unspecified atom stereocenters. The summed E-state index contributed by atoms with van der Waals surface area (Å²) < 4.78 is 5.02. The Kier molecular flexibility index (Phi) is 5.25. The lowest BCUT2D eigenvalue weighted by molar-refractivity contribution is -0.139.